The number of nitrogens with two attached hydrogens (primary N) is 2. The quantitative estimate of drug-likeness (QED) is 0.253. The summed E-state index contributed by atoms with van der Waals surface area (Å²) >= 11 is 0. The summed E-state index contributed by atoms with van der Waals surface area (Å²) in [5.41, 5.74) is 10.4. The molecule has 19 heteroatoms. The lowest BCUT2D eigenvalue weighted by molar-refractivity contribution is -0.0590. The van der Waals surface area contributed by atoms with E-state index in [1.165, 1.54) is 38.1 Å². The Labute approximate surface area is 226 Å². The van der Waals surface area contributed by atoms with Crippen LogP contribution in [0.5, 0.6) is 0 Å². The van der Waals surface area contributed by atoms with E-state index in [2.05, 4.69) is 24.9 Å². The topological polar surface area (TPSA) is 236 Å². The number of ether oxygens (including phenoxy) is 4. The van der Waals surface area contributed by atoms with E-state index in [1.807, 2.05) is 0 Å². The molecule has 3 aromatic rings. The van der Waals surface area contributed by atoms with Crippen LogP contribution in [0.25, 0.3) is 11.2 Å². The van der Waals surface area contributed by atoms with Gasteiger partial charge in [-0.25, -0.2) is 14.8 Å². The fraction of sp³-hybridized carbons (Fsp3) is 0.619. The molecule has 2 aliphatic heterocycles. The van der Waals surface area contributed by atoms with Crippen LogP contribution in [0, 0.1) is 0 Å². The summed E-state index contributed by atoms with van der Waals surface area (Å²) in [6.45, 7) is 1.34. The maximum absolute atomic E-state index is 13.4. The predicted octanol–water partition coefficient (Wildman–Crippen LogP) is -0.603. The van der Waals surface area contributed by atoms with Crippen LogP contribution in [0.1, 0.15) is 25.3 Å². The van der Waals surface area contributed by atoms with Crippen molar-refractivity contribution in [2.24, 2.45) is 0 Å². The molecule has 0 spiro atoms. The number of H-pyrrole nitrogens is 1. The third-order valence-electron chi connectivity index (χ3n) is 6.61. The molecule has 5 N–H and O–H groups in total. The number of aromatic amines is 1. The summed E-state index contributed by atoms with van der Waals surface area (Å²) in [5.74, 6) is -0.212. The number of rotatable bonds is 10. The Balaban J connectivity index is 1.25. The molecule has 0 bridgehead atoms. The van der Waals surface area contributed by atoms with Crippen LogP contribution >= 0.6 is 7.60 Å². The minimum absolute atomic E-state index is 0.0653. The van der Waals surface area contributed by atoms with Crippen LogP contribution < -0.4 is 22.7 Å². The number of hydrogen-bond donors (Lipinski definition) is 3. The number of methoxy groups -OCH3 is 2. The van der Waals surface area contributed by atoms with Gasteiger partial charge in [0.2, 0.25) is 11.9 Å². The molecule has 218 valence electrons. The number of anilines is 2. The van der Waals surface area contributed by atoms with Gasteiger partial charge in [0.15, 0.2) is 11.2 Å². The molecule has 2 fully saturated rings. The molecule has 2 aliphatic rings. The van der Waals surface area contributed by atoms with Crippen molar-refractivity contribution in [3.8, 4) is 0 Å². The normalized spacial score (nSPS) is 28.3. The minimum atomic E-state index is -3.66. The zero-order valence-corrected chi connectivity index (χ0v) is 22.8. The Hall–Kier alpha value is -3.25. The van der Waals surface area contributed by atoms with Gasteiger partial charge >= 0.3 is 13.3 Å². The molecule has 18 nitrogen and oxygen atoms in total. The highest BCUT2D eigenvalue weighted by Crippen LogP contribution is 2.49. The summed E-state index contributed by atoms with van der Waals surface area (Å²) < 4.78 is 50.6. The largest absolute Gasteiger partial charge is 0.382 e. The maximum atomic E-state index is 13.4. The number of nitrogen functional groups attached to an aromatic ring is 2. The van der Waals surface area contributed by atoms with E-state index in [9.17, 15) is 14.2 Å². The highest BCUT2D eigenvalue weighted by Gasteiger charge is 2.43. The summed E-state index contributed by atoms with van der Waals surface area (Å²) in [5, 5.41) is 0. The zero-order chi connectivity index (χ0) is 28.6. The van der Waals surface area contributed by atoms with E-state index < -0.39 is 55.7 Å². The molecule has 0 radical (unpaired) electrons. The molecule has 5 rings (SSSR count). The first kappa shape index (κ1) is 28.3. The van der Waals surface area contributed by atoms with E-state index in [0.717, 1.165) is 0 Å². The van der Waals surface area contributed by atoms with E-state index in [0.29, 0.717) is 6.42 Å². The molecule has 0 aliphatic carbocycles. The lowest BCUT2D eigenvalue weighted by atomic mass is 10.2. The Morgan fingerprint density at radius 3 is 2.40 bits per heavy atom. The van der Waals surface area contributed by atoms with Crippen LogP contribution in [0.15, 0.2) is 22.2 Å². The molecular weight excluding hydrogens is 553 g/mol. The van der Waals surface area contributed by atoms with Crippen LogP contribution in [-0.4, -0.2) is 92.6 Å². The van der Waals surface area contributed by atoms with Crippen molar-refractivity contribution in [1.29, 1.82) is 0 Å². The molecule has 0 aromatic carbocycles. The third kappa shape index (κ3) is 5.78. The lowest BCUT2D eigenvalue weighted by Gasteiger charge is -2.24. The molecular formula is C21H30N9O9P. The molecule has 0 saturated carbocycles. The van der Waals surface area contributed by atoms with Gasteiger partial charge in [-0.05, 0) is 0 Å². The SMILES string of the molecule is COC[C@H]1O[C@@H](n2cnc3c(=O)[nH]c(N)nc32)C[C@H]1OP(C)(=O)OC[C@H]1O[C@@H](n2cnc(N)nc2=O)C[C@H]1OC. The monoisotopic (exact) mass is 583 g/mol. The van der Waals surface area contributed by atoms with E-state index in [1.54, 1.807) is 4.57 Å². The highest BCUT2D eigenvalue weighted by atomic mass is 31.2. The van der Waals surface area contributed by atoms with E-state index in [4.69, 9.17) is 39.5 Å². The van der Waals surface area contributed by atoms with Gasteiger partial charge in [0, 0.05) is 33.7 Å². The lowest BCUT2D eigenvalue weighted by Crippen LogP contribution is -2.30. The second-order valence-electron chi connectivity index (χ2n) is 9.35. The Morgan fingerprint density at radius 1 is 1.02 bits per heavy atom. The number of hydrogen-bond acceptors (Lipinski definition) is 15. The van der Waals surface area contributed by atoms with Crippen molar-refractivity contribution in [3.05, 3.63) is 33.5 Å². The molecule has 7 atom stereocenters. The fourth-order valence-electron chi connectivity index (χ4n) is 4.76. The van der Waals surface area contributed by atoms with Gasteiger partial charge in [-0.15, -0.1) is 0 Å². The summed E-state index contributed by atoms with van der Waals surface area (Å²) in [6, 6.07) is 0. The standard InChI is InChI=1S/C21H30N9O9P/c1-34-6-12-11(5-14(37-12)29-8-24-16-17(29)26-20(23)27-18(16)31)39-40(3,33)36-7-13-10(35-2)4-15(38-13)30-9-25-19(22)28-21(30)32/h8-15H,4-7H2,1-3H3,(H2,22,28,32)(H3,23,26,27,31)/t10-,11-,12-,13-,14-,15-,40?/m1/s1. The van der Waals surface area contributed by atoms with Gasteiger partial charge in [0.05, 0.1) is 31.7 Å². The first-order valence-electron chi connectivity index (χ1n) is 12.2. The molecule has 1 unspecified atom stereocenters. The van der Waals surface area contributed by atoms with Crippen molar-refractivity contribution in [2.45, 2.75) is 49.7 Å². The van der Waals surface area contributed by atoms with Crippen LogP contribution in [0.3, 0.4) is 0 Å². The minimum Gasteiger partial charge on any atom is -0.382 e. The molecule has 40 heavy (non-hydrogen) atoms. The average molecular weight is 583 g/mol. The van der Waals surface area contributed by atoms with Gasteiger partial charge in [0.1, 0.15) is 31.0 Å². The van der Waals surface area contributed by atoms with E-state index in [-0.39, 0.29) is 42.7 Å². The second-order valence-corrected chi connectivity index (χ2v) is 11.4. The highest BCUT2D eigenvalue weighted by molar-refractivity contribution is 7.53. The van der Waals surface area contributed by atoms with Crippen molar-refractivity contribution < 1.29 is 32.6 Å². The maximum Gasteiger partial charge on any atom is 0.354 e. The number of nitrogens with one attached hydrogen (secondary N) is 1. The smallest absolute Gasteiger partial charge is 0.354 e. The average Bonchev–Trinajstić information content (AvgIpc) is 3.60. The molecule has 0 amide bonds. The predicted molar refractivity (Wildman–Crippen MR) is 137 cm³/mol. The van der Waals surface area contributed by atoms with Crippen molar-refractivity contribution in [2.75, 3.05) is 45.6 Å². The van der Waals surface area contributed by atoms with Crippen molar-refractivity contribution in [1.82, 2.24) is 34.1 Å². The fourth-order valence-corrected chi connectivity index (χ4v) is 5.95. The molecule has 5 heterocycles. The molecule has 2 saturated heterocycles. The van der Waals surface area contributed by atoms with Gasteiger partial charge in [-0.2, -0.15) is 9.97 Å². The van der Waals surface area contributed by atoms with Crippen molar-refractivity contribution >= 4 is 30.7 Å². The number of fused-ring (bicyclic) bond motifs is 1. The first-order valence-corrected chi connectivity index (χ1v) is 14.2. The first-order chi connectivity index (χ1) is 19.1. The third-order valence-corrected chi connectivity index (χ3v) is 7.88. The van der Waals surface area contributed by atoms with E-state index >= 15 is 0 Å². The summed E-state index contributed by atoms with van der Waals surface area (Å²) in [7, 11) is -0.668. The van der Waals surface area contributed by atoms with Gasteiger partial charge in [-0.3, -0.25) is 23.5 Å². The summed E-state index contributed by atoms with van der Waals surface area (Å²) in [4.78, 5) is 42.5. The van der Waals surface area contributed by atoms with Crippen LogP contribution in [0.4, 0.5) is 11.9 Å². The number of aromatic nitrogens is 7. The number of imidazole rings is 1. The van der Waals surface area contributed by atoms with Gasteiger partial charge < -0.3 is 39.5 Å². The summed E-state index contributed by atoms with van der Waals surface area (Å²) in [6.07, 6.45) is -0.605. The Morgan fingerprint density at radius 2 is 1.70 bits per heavy atom. The van der Waals surface area contributed by atoms with Crippen LogP contribution in [0.2, 0.25) is 0 Å². The van der Waals surface area contributed by atoms with Gasteiger partial charge in [0.25, 0.3) is 5.56 Å². The zero-order valence-electron chi connectivity index (χ0n) is 21.9. The Bertz CT molecular complexity index is 1530. The van der Waals surface area contributed by atoms with Crippen LogP contribution in [-0.2, 0) is 32.6 Å². The van der Waals surface area contributed by atoms with Gasteiger partial charge in [-0.1, -0.05) is 0 Å². The Kier molecular flexibility index (Phi) is 8.01. The molecule has 3 aromatic heterocycles. The second kappa shape index (κ2) is 11.3. The van der Waals surface area contributed by atoms with Crippen molar-refractivity contribution in [3.63, 3.8) is 0 Å². The number of nitrogens with zero attached hydrogens (tertiary/aromatic N) is 6.